The molecule has 0 radical (unpaired) electrons. The summed E-state index contributed by atoms with van der Waals surface area (Å²) in [6.45, 7) is 6.91. The number of ketones is 1. The van der Waals surface area contributed by atoms with E-state index in [4.69, 9.17) is 11.6 Å². The first-order chi connectivity index (χ1) is 18.3. The number of hydrogen-bond donors (Lipinski definition) is 0. The zero-order chi connectivity index (χ0) is 26.5. The maximum atomic E-state index is 13.0. The monoisotopic (exact) mass is 530 g/mol. The molecule has 0 N–H and O–H groups in total. The van der Waals surface area contributed by atoms with E-state index in [1.54, 1.807) is 0 Å². The van der Waals surface area contributed by atoms with Gasteiger partial charge in [0.05, 0.1) is 10.6 Å². The molecule has 1 atom stereocenters. The van der Waals surface area contributed by atoms with E-state index in [9.17, 15) is 14.9 Å². The number of anilines is 2. The molecule has 6 rings (SSSR count). The summed E-state index contributed by atoms with van der Waals surface area (Å²) in [6, 6.07) is 16.5. The van der Waals surface area contributed by atoms with Crippen molar-refractivity contribution in [2.75, 3.05) is 42.5 Å². The van der Waals surface area contributed by atoms with Crippen molar-refractivity contribution in [3.8, 4) is 6.07 Å². The molecular weight excluding hydrogens is 496 g/mol. The number of carbonyl (C=O) groups is 2. The molecule has 1 amide bonds. The molecule has 6 nitrogen and oxygen atoms in total. The number of likely N-dealkylation sites (tertiary alicyclic amines) is 1. The molecule has 1 aliphatic carbocycles. The van der Waals surface area contributed by atoms with Crippen LogP contribution < -0.4 is 9.80 Å². The number of rotatable bonds is 3. The van der Waals surface area contributed by atoms with Crippen LogP contribution in [0.25, 0.3) is 0 Å². The first-order valence-electron chi connectivity index (χ1n) is 13.9. The van der Waals surface area contributed by atoms with Crippen LogP contribution in [0.5, 0.6) is 0 Å². The van der Waals surface area contributed by atoms with Gasteiger partial charge in [-0.15, -0.1) is 0 Å². The number of piperidine rings is 1. The lowest BCUT2D eigenvalue weighted by Gasteiger charge is -2.52. The van der Waals surface area contributed by atoms with Gasteiger partial charge in [-0.05, 0) is 86.9 Å². The molecular formula is C31H35ClN4O2. The molecule has 3 heterocycles. The fraction of sp³-hybridized carbons (Fsp3) is 0.516. The molecule has 0 aromatic heterocycles. The Kier molecular flexibility index (Phi) is 6.39. The van der Waals surface area contributed by atoms with Crippen molar-refractivity contribution in [2.24, 2.45) is 10.8 Å². The van der Waals surface area contributed by atoms with Gasteiger partial charge in [0.1, 0.15) is 11.9 Å². The Balaban J connectivity index is 1.04. The quantitative estimate of drug-likeness (QED) is 0.510. The number of carbonyl (C=O) groups excluding carboxylic acids is 2. The van der Waals surface area contributed by atoms with Gasteiger partial charge in [-0.1, -0.05) is 11.6 Å². The summed E-state index contributed by atoms with van der Waals surface area (Å²) >= 11 is 6.33. The summed E-state index contributed by atoms with van der Waals surface area (Å²) < 4.78 is 0. The van der Waals surface area contributed by atoms with Gasteiger partial charge in [-0.25, -0.2) is 0 Å². The lowest BCUT2D eigenvalue weighted by atomic mass is 9.68. The summed E-state index contributed by atoms with van der Waals surface area (Å²) in [5.74, 6) is 0.482. The molecule has 2 aromatic carbocycles. The van der Waals surface area contributed by atoms with E-state index in [2.05, 4.69) is 34.9 Å². The van der Waals surface area contributed by atoms with Crippen LogP contribution in [0.1, 0.15) is 67.8 Å². The van der Waals surface area contributed by atoms with Gasteiger partial charge in [-0.2, -0.15) is 5.26 Å². The average molecular weight is 531 g/mol. The third kappa shape index (κ3) is 4.56. The number of amides is 1. The fourth-order valence-corrected chi connectivity index (χ4v) is 7.54. The number of hydrogen-bond acceptors (Lipinski definition) is 5. The molecule has 3 aliphatic heterocycles. The Morgan fingerprint density at radius 1 is 0.947 bits per heavy atom. The topological polar surface area (TPSA) is 67.7 Å². The van der Waals surface area contributed by atoms with Crippen molar-refractivity contribution >= 4 is 34.7 Å². The number of Topliss-reactive ketones (excluding diaryl/α,β-unsaturated/α-hetero) is 1. The molecule has 38 heavy (non-hydrogen) atoms. The van der Waals surface area contributed by atoms with Crippen molar-refractivity contribution in [3.63, 3.8) is 0 Å². The zero-order valence-corrected chi connectivity index (χ0v) is 22.8. The molecule has 4 aliphatic rings. The van der Waals surface area contributed by atoms with E-state index in [0.717, 1.165) is 76.1 Å². The summed E-state index contributed by atoms with van der Waals surface area (Å²) in [5, 5.41) is 9.72. The van der Waals surface area contributed by atoms with Gasteiger partial charge in [0, 0.05) is 74.0 Å². The maximum absolute atomic E-state index is 13.0. The molecule has 4 fully saturated rings. The van der Waals surface area contributed by atoms with Gasteiger partial charge < -0.3 is 14.7 Å². The van der Waals surface area contributed by atoms with Crippen LogP contribution in [0.3, 0.4) is 0 Å². The van der Waals surface area contributed by atoms with Gasteiger partial charge in [0.25, 0.3) is 5.91 Å². The molecule has 0 unspecified atom stereocenters. The minimum atomic E-state index is 0.111. The Hall–Kier alpha value is -3.04. The van der Waals surface area contributed by atoms with Gasteiger partial charge in [0.2, 0.25) is 0 Å². The van der Waals surface area contributed by atoms with Gasteiger partial charge in [0.15, 0.2) is 0 Å². The van der Waals surface area contributed by atoms with Crippen LogP contribution in [0.15, 0.2) is 42.5 Å². The van der Waals surface area contributed by atoms with Gasteiger partial charge >= 0.3 is 0 Å². The molecule has 0 bridgehead atoms. The van der Waals surface area contributed by atoms with Crippen LogP contribution in [0.4, 0.5) is 11.4 Å². The molecule has 3 saturated heterocycles. The minimum absolute atomic E-state index is 0.111. The smallest absolute Gasteiger partial charge is 0.253 e. The fourth-order valence-electron chi connectivity index (χ4n) is 7.32. The van der Waals surface area contributed by atoms with Crippen molar-refractivity contribution in [2.45, 2.75) is 57.9 Å². The van der Waals surface area contributed by atoms with Crippen LogP contribution in [-0.4, -0.2) is 55.4 Å². The Labute approximate surface area is 230 Å². The highest BCUT2D eigenvalue weighted by atomic mass is 35.5. The number of nitrogens with zero attached hydrogens (tertiary/aromatic N) is 4. The van der Waals surface area contributed by atoms with Crippen LogP contribution in [-0.2, 0) is 4.79 Å². The highest BCUT2D eigenvalue weighted by Gasteiger charge is 2.47. The van der Waals surface area contributed by atoms with Crippen molar-refractivity contribution < 1.29 is 9.59 Å². The number of nitriles is 1. The van der Waals surface area contributed by atoms with E-state index >= 15 is 0 Å². The predicted octanol–water partition coefficient (Wildman–Crippen LogP) is 5.68. The summed E-state index contributed by atoms with van der Waals surface area (Å²) in [6.07, 6.45) is 6.65. The lowest BCUT2D eigenvalue weighted by Crippen LogP contribution is -2.59. The molecule has 7 heteroatoms. The van der Waals surface area contributed by atoms with Gasteiger partial charge in [-0.3, -0.25) is 9.59 Å². The zero-order valence-electron chi connectivity index (χ0n) is 22.1. The average Bonchev–Trinajstić information content (AvgIpc) is 3.23. The van der Waals surface area contributed by atoms with E-state index in [-0.39, 0.29) is 11.3 Å². The number of halogens is 1. The first-order valence-corrected chi connectivity index (χ1v) is 14.3. The predicted molar refractivity (Wildman–Crippen MR) is 150 cm³/mol. The standard InChI is InChI=1S/C31H35ClN4O2/c1-22-17-30(21-36(22)26-7-4-24(18-33)28(32)16-26)12-14-34(15-13-30)25-5-2-23(3-6-25)29(38)35-19-31(20-35)10-8-27(37)9-11-31/h2-7,16,22H,8-15,17,19-21H2,1H3/t22-/m0/s1. The van der Waals surface area contributed by atoms with Crippen LogP contribution in [0.2, 0.25) is 5.02 Å². The van der Waals surface area contributed by atoms with Crippen LogP contribution in [0, 0.1) is 22.2 Å². The van der Waals surface area contributed by atoms with Crippen molar-refractivity contribution in [1.82, 2.24) is 4.90 Å². The largest absolute Gasteiger partial charge is 0.371 e. The van der Waals surface area contributed by atoms with Crippen molar-refractivity contribution in [1.29, 1.82) is 5.26 Å². The second kappa shape index (κ2) is 9.61. The summed E-state index contributed by atoms with van der Waals surface area (Å²) in [5.41, 5.74) is 4.05. The molecule has 2 aromatic rings. The molecule has 198 valence electrons. The Morgan fingerprint density at radius 3 is 2.24 bits per heavy atom. The maximum Gasteiger partial charge on any atom is 0.253 e. The Morgan fingerprint density at radius 2 is 1.61 bits per heavy atom. The molecule has 1 saturated carbocycles. The van der Waals surface area contributed by atoms with E-state index < -0.39 is 0 Å². The summed E-state index contributed by atoms with van der Waals surface area (Å²) in [7, 11) is 0. The van der Waals surface area contributed by atoms with E-state index in [1.165, 1.54) is 5.69 Å². The van der Waals surface area contributed by atoms with E-state index in [1.807, 2.05) is 35.2 Å². The third-order valence-electron chi connectivity index (χ3n) is 9.68. The normalized spacial score (nSPS) is 24.0. The highest BCUT2D eigenvalue weighted by molar-refractivity contribution is 6.32. The lowest BCUT2D eigenvalue weighted by molar-refractivity contribution is -0.125. The minimum Gasteiger partial charge on any atom is -0.371 e. The molecule has 2 spiro atoms. The second-order valence-corrected chi connectivity index (χ2v) is 12.6. The summed E-state index contributed by atoms with van der Waals surface area (Å²) in [4.78, 5) is 31.5. The third-order valence-corrected chi connectivity index (χ3v) is 10.00. The Bertz CT molecular complexity index is 1270. The van der Waals surface area contributed by atoms with Crippen molar-refractivity contribution in [3.05, 3.63) is 58.6 Å². The van der Waals surface area contributed by atoms with Crippen LogP contribution >= 0.6 is 11.6 Å². The second-order valence-electron chi connectivity index (χ2n) is 12.2. The highest BCUT2D eigenvalue weighted by Crippen LogP contribution is 2.46. The first kappa shape index (κ1) is 25.2. The SMILES string of the molecule is C[C@H]1CC2(CCN(c3ccc(C(=O)N4CC5(CCC(=O)CC5)C4)cc3)CC2)CN1c1ccc(C#N)c(Cl)c1. The number of benzene rings is 2. The van der Waals surface area contributed by atoms with E-state index in [0.29, 0.717) is 40.7 Å².